The lowest BCUT2D eigenvalue weighted by atomic mass is 9.98. The predicted molar refractivity (Wildman–Crippen MR) is 99.8 cm³/mol. The topological polar surface area (TPSA) is 166 Å². The van der Waals surface area contributed by atoms with Crippen LogP contribution in [0.4, 0.5) is 5.82 Å². The number of aliphatic hydroxyl groups is 4. The number of hydrogen-bond acceptors (Lipinski definition) is 10. The van der Waals surface area contributed by atoms with Crippen molar-refractivity contribution in [3.63, 3.8) is 0 Å². The first kappa shape index (κ1) is 19.5. The summed E-state index contributed by atoms with van der Waals surface area (Å²) in [6.07, 6.45) is -3.83. The van der Waals surface area contributed by atoms with Crippen molar-refractivity contribution in [3.05, 3.63) is 42.5 Å². The molecule has 11 heteroatoms. The molecule has 2 aromatic heterocycles. The number of imidazole rings is 1. The summed E-state index contributed by atoms with van der Waals surface area (Å²) < 4.78 is 6.99. The average Bonchev–Trinajstić information content (AvgIpc) is 3.16. The van der Waals surface area contributed by atoms with Crippen LogP contribution in [0.1, 0.15) is 11.8 Å². The second-order valence-electron chi connectivity index (χ2n) is 6.79. The number of anilines is 1. The summed E-state index contributed by atoms with van der Waals surface area (Å²) >= 11 is 0. The van der Waals surface area contributed by atoms with E-state index in [9.17, 15) is 25.5 Å². The van der Waals surface area contributed by atoms with Gasteiger partial charge in [0.1, 0.15) is 36.5 Å². The van der Waals surface area contributed by atoms with E-state index in [1.165, 1.54) is 17.2 Å². The molecule has 0 unspecified atom stereocenters. The Morgan fingerprint density at radius 1 is 1.00 bits per heavy atom. The van der Waals surface area contributed by atoms with E-state index in [0.717, 1.165) is 5.56 Å². The zero-order chi connectivity index (χ0) is 20.5. The van der Waals surface area contributed by atoms with Gasteiger partial charge in [-0.15, -0.1) is 0 Å². The first-order valence-corrected chi connectivity index (χ1v) is 8.99. The summed E-state index contributed by atoms with van der Waals surface area (Å²) in [6, 6.07) is 6.71. The van der Waals surface area contributed by atoms with E-state index in [-0.39, 0.29) is 5.75 Å². The fourth-order valence-corrected chi connectivity index (χ4v) is 3.28. The molecule has 5 atom stereocenters. The van der Waals surface area contributed by atoms with E-state index >= 15 is 0 Å². The van der Waals surface area contributed by atoms with Gasteiger partial charge in [0.15, 0.2) is 23.2 Å². The van der Waals surface area contributed by atoms with E-state index in [2.05, 4.69) is 20.3 Å². The second kappa shape index (κ2) is 7.89. The highest BCUT2D eigenvalue weighted by atomic mass is 16.6. The van der Waals surface area contributed by atoms with E-state index in [1.807, 2.05) is 0 Å². The maximum atomic E-state index is 10.4. The van der Waals surface area contributed by atoms with Gasteiger partial charge in [0, 0.05) is 6.54 Å². The Labute approximate surface area is 164 Å². The standard InChI is InChI=1S/C18H21N5O6/c24-6-11-13(26)14(27)15(28)18(29-11)23-8-22-12-16(20-7-21-17(12)23)19-5-9-1-3-10(25)4-2-9/h1-4,7-8,11,13-15,18,24-28H,5-6H2,(H,19,20,21)/t11-,13-,14+,15-,18-/m1/s1. The Morgan fingerprint density at radius 2 is 1.76 bits per heavy atom. The molecular weight excluding hydrogens is 382 g/mol. The summed E-state index contributed by atoms with van der Waals surface area (Å²) in [5.41, 5.74) is 1.68. The third kappa shape index (κ3) is 3.61. The molecule has 6 N–H and O–H groups in total. The molecule has 1 saturated heterocycles. The number of aliphatic hydroxyl groups excluding tert-OH is 4. The summed E-state index contributed by atoms with van der Waals surface area (Å²) in [7, 11) is 0. The minimum absolute atomic E-state index is 0.177. The van der Waals surface area contributed by atoms with E-state index in [1.54, 1.807) is 24.3 Å². The maximum absolute atomic E-state index is 10.4. The number of fused-ring (bicyclic) bond motifs is 1. The number of nitrogens with one attached hydrogen (secondary N) is 1. The summed E-state index contributed by atoms with van der Waals surface area (Å²) in [6.45, 7) is -0.0954. The lowest BCUT2D eigenvalue weighted by Gasteiger charge is -2.40. The highest BCUT2D eigenvalue weighted by Gasteiger charge is 2.44. The van der Waals surface area contributed by atoms with Gasteiger partial charge in [-0.3, -0.25) is 4.57 Å². The quantitative estimate of drug-likeness (QED) is 0.315. The number of phenolic OH excluding ortho intramolecular Hbond substituents is 1. The van der Waals surface area contributed by atoms with Crippen molar-refractivity contribution < 1.29 is 30.3 Å². The van der Waals surface area contributed by atoms with Crippen LogP contribution in [-0.4, -0.2) is 76.1 Å². The number of hydrogen-bond donors (Lipinski definition) is 6. The lowest BCUT2D eigenvalue weighted by Crippen LogP contribution is -2.56. The first-order chi connectivity index (χ1) is 14.0. The van der Waals surface area contributed by atoms with Crippen molar-refractivity contribution in [2.75, 3.05) is 11.9 Å². The molecular formula is C18H21N5O6. The summed E-state index contributed by atoms with van der Waals surface area (Å²) in [5.74, 6) is 0.628. The predicted octanol–water partition coefficient (Wildman–Crippen LogP) is -0.884. The number of rotatable bonds is 5. The number of benzene rings is 1. The molecule has 4 rings (SSSR count). The largest absolute Gasteiger partial charge is 0.508 e. The van der Waals surface area contributed by atoms with Crippen molar-refractivity contribution in [2.45, 2.75) is 37.2 Å². The highest BCUT2D eigenvalue weighted by Crippen LogP contribution is 2.31. The fraction of sp³-hybridized carbons (Fsp3) is 0.389. The molecule has 3 heterocycles. The third-order valence-electron chi connectivity index (χ3n) is 4.90. The third-order valence-corrected chi connectivity index (χ3v) is 4.90. The van der Waals surface area contributed by atoms with Gasteiger partial charge in [-0.25, -0.2) is 15.0 Å². The minimum Gasteiger partial charge on any atom is -0.508 e. The van der Waals surface area contributed by atoms with Gasteiger partial charge in [0.25, 0.3) is 0 Å². The SMILES string of the molecule is OC[C@H]1O[C@@H](n2cnc3c(NCc4ccc(O)cc4)ncnc32)[C@H](O)[C@@H](O)[C@@H]1O. The molecule has 1 fully saturated rings. The highest BCUT2D eigenvalue weighted by molar-refractivity contribution is 5.82. The number of aromatic hydroxyl groups is 1. The second-order valence-corrected chi connectivity index (χ2v) is 6.79. The van der Waals surface area contributed by atoms with Crippen molar-refractivity contribution in [1.82, 2.24) is 19.5 Å². The Kier molecular flexibility index (Phi) is 5.30. The molecule has 0 spiro atoms. The number of nitrogens with zero attached hydrogens (tertiary/aromatic N) is 4. The van der Waals surface area contributed by atoms with Gasteiger partial charge < -0.3 is 35.6 Å². The van der Waals surface area contributed by atoms with Crippen LogP contribution in [0, 0.1) is 0 Å². The summed E-state index contributed by atoms with van der Waals surface area (Å²) in [4.78, 5) is 12.7. The van der Waals surface area contributed by atoms with Crippen LogP contribution in [0.15, 0.2) is 36.9 Å². The molecule has 1 aliphatic rings. The Bertz CT molecular complexity index is 979. The van der Waals surface area contributed by atoms with Crippen molar-refractivity contribution in [3.8, 4) is 5.75 Å². The number of ether oxygens (including phenoxy) is 1. The Balaban J connectivity index is 1.61. The fourth-order valence-electron chi connectivity index (χ4n) is 3.28. The molecule has 0 saturated carbocycles. The summed E-state index contributed by atoms with van der Waals surface area (Å²) in [5, 5.41) is 52.2. The van der Waals surface area contributed by atoms with Gasteiger partial charge in [-0.05, 0) is 17.7 Å². The van der Waals surface area contributed by atoms with E-state index in [4.69, 9.17) is 4.74 Å². The molecule has 0 bridgehead atoms. The van der Waals surface area contributed by atoms with Gasteiger partial charge in [-0.1, -0.05) is 12.1 Å². The van der Waals surface area contributed by atoms with E-state index < -0.39 is 37.3 Å². The van der Waals surface area contributed by atoms with Crippen LogP contribution < -0.4 is 5.32 Å². The molecule has 1 aromatic carbocycles. The van der Waals surface area contributed by atoms with Gasteiger partial charge in [-0.2, -0.15) is 0 Å². The molecule has 0 amide bonds. The molecule has 29 heavy (non-hydrogen) atoms. The lowest BCUT2D eigenvalue weighted by molar-refractivity contribution is -0.250. The van der Waals surface area contributed by atoms with Crippen LogP contribution in [0.25, 0.3) is 11.2 Å². The number of phenols is 1. The molecule has 0 radical (unpaired) electrons. The maximum Gasteiger partial charge on any atom is 0.167 e. The van der Waals surface area contributed by atoms with Gasteiger partial charge >= 0.3 is 0 Å². The zero-order valence-corrected chi connectivity index (χ0v) is 15.2. The first-order valence-electron chi connectivity index (χ1n) is 8.99. The molecule has 0 aliphatic carbocycles. The van der Waals surface area contributed by atoms with Crippen molar-refractivity contribution in [2.24, 2.45) is 0 Å². The van der Waals surface area contributed by atoms with Crippen LogP contribution in [-0.2, 0) is 11.3 Å². The zero-order valence-electron chi connectivity index (χ0n) is 15.2. The Hall–Kier alpha value is -2.83. The average molecular weight is 403 g/mol. The molecule has 1 aliphatic heterocycles. The molecule has 3 aromatic rings. The van der Waals surface area contributed by atoms with Gasteiger partial charge in [0.05, 0.1) is 12.9 Å². The van der Waals surface area contributed by atoms with Crippen molar-refractivity contribution >= 4 is 17.0 Å². The minimum atomic E-state index is -1.50. The van der Waals surface area contributed by atoms with Crippen LogP contribution in [0.3, 0.4) is 0 Å². The smallest absolute Gasteiger partial charge is 0.167 e. The molecule has 11 nitrogen and oxygen atoms in total. The van der Waals surface area contributed by atoms with E-state index in [0.29, 0.717) is 23.5 Å². The normalized spacial score (nSPS) is 27.2. The van der Waals surface area contributed by atoms with Gasteiger partial charge in [0.2, 0.25) is 0 Å². The van der Waals surface area contributed by atoms with Crippen molar-refractivity contribution in [1.29, 1.82) is 0 Å². The van der Waals surface area contributed by atoms with Crippen LogP contribution in [0.5, 0.6) is 5.75 Å². The van der Waals surface area contributed by atoms with Crippen LogP contribution >= 0.6 is 0 Å². The number of aromatic nitrogens is 4. The van der Waals surface area contributed by atoms with Crippen LogP contribution in [0.2, 0.25) is 0 Å². The monoisotopic (exact) mass is 403 g/mol. The Morgan fingerprint density at radius 3 is 2.48 bits per heavy atom. The molecule has 154 valence electrons.